The normalized spacial score (nSPS) is 42.4. The number of Topliss-reactive ketones (excluding diaryl/α,β-unsaturated/α-hetero) is 1. The van der Waals surface area contributed by atoms with E-state index < -0.39 is 148 Å². The highest BCUT2D eigenvalue weighted by molar-refractivity contribution is 6.28. The number of aliphatic carboxylic acids is 1. The van der Waals surface area contributed by atoms with Gasteiger partial charge in [0.05, 0.1) is 23.5 Å². The van der Waals surface area contributed by atoms with E-state index in [0.717, 1.165) is 34.8 Å². The molecule has 0 amide bonds. The first kappa shape index (κ1) is 45.5. The molecule has 1 saturated heterocycles. The van der Waals surface area contributed by atoms with Crippen LogP contribution in [0.1, 0.15) is 94.9 Å². The number of rotatable bonds is 9. The summed E-state index contributed by atoms with van der Waals surface area (Å²) in [5.74, 6) is -12.2. The van der Waals surface area contributed by atoms with Crippen molar-refractivity contribution in [2.24, 2.45) is 39.4 Å². The lowest BCUT2D eigenvalue weighted by Gasteiger charge is -2.74. The van der Waals surface area contributed by atoms with Crippen molar-refractivity contribution < 1.29 is 86.8 Å². The van der Waals surface area contributed by atoms with Crippen LogP contribution in [0, 0.1) is 39.4 Å². The molecule has 0 radical (unpaired) electrons. The van der Waals surface area contributed by atoms with Crippen LogP contribution in [0.25, 0.3) is 0 Å². The Labute approximate surface area is 330 Å². The van der Waals surface area contributed by atoms with Crippen LogP contribution in [0.3, 0.4) is 0 Å². The van der Waals surface area contributed by atoms with Crippen molar-refractivity contribution >= 4 is 47.6 Å². The molecule has 5 fully saturated rings. The first-order valence-electron chi connectivity index (χ1n) is 19.2. The van der Waals surface area contributed by atoms with Crippen molar-refractivity contribution in [3.8, 4) is 0 Å². The van der Waals surface area contributed by atoms with Crippen molar-refractivity contribution in [2.75, 3.05) is 20.3 Å². The van der Waals surface area contributed by atoms with Gasteiger partial charge in [-0.2, -0.15) is 0 Å². The maximum absolute atomic E-state index is 13.8. The number of aliphatic hydroxyl groups is 2. The fourth-order valence-corrected chi connectivity index (χ4v) is 12.0. The predicted octanol–water partition coefficient (Wildman–Crippen LogP) is 1.46. The topological polar surface area (TPSA) is 265 Å². The summed E-state index contributed by atoms with van der Waals surface area (Å²) in [6.45, 7) is 13.3. The highest BCUT2D eigenvalue weighted by Gasteiger charge is 2.92. The molecule has 14 atom stereocenters. The van der Waals surface area contributed by atoms with E-state index in [0.29, 0.717) is 0 Å². The Morgan fingerprint density at radius 1 is 0.842 bits per heavy atom. The van der Waals surface area contributed by atoms with Crippen LogP contribution in [0.2, 0.25) is 0 Å². The number of methoxy groups -OCH3 is 1. The molecular weight excluding hydrogens is 756 g/mol. The minimum absolute atomic E-state index is 0.00836. The third kappa shape index (κ3) is 6.31. The summed E-state index contributed by atoms with van der Waals surface area (Å²) in [5, 5.41) is 34.1. The minimum Gasteiger partial charge on any atom is -0.473 e. The fraction of sp³-hybridized carbons (Fsp3) is 0.795. The zero-order valence-electron chi connectivity index (χ0n) is 34.3. The Morgan fingerprint density at radius 2 is 1.37 bits per heavy atom. The van der Waals surface area contributed by atoms with E-state index in [4.69, 9.17) is 33.2 Å². The summed E-state index contributed by atoms with van der Waals surface area (Å²) in [5.41, 5.74) is -11.2. The number of hydrogen-bond acceptors (Lipinski definition) is 17. The number of ether oxygens (including phenoxy) is 7. The van der Waals surface area contributed by atoms with E-state index in [1.807, 2.05) is 13.8 Å². The predicted molar refractivity (Wildman–Crippen MR) is 190 cm³/mol. The van der Waals surface area contributed by atoms with Crippen molar-refractivity contribution in [3.05, 3.63) is 0 Å². The number of hydrogen-bond donors (Lipinski definition) is 3. The average Bonchev–Trinajstić information content (AvgIpc) is 3.90. The van der Waals surface area contributed by atoms with Crippen molar-refractivity contribution in [3.63, 3.8) is 0 Å². The highest BCUT2D eigenvalue weighted by Crippen LogP contribution is 2.77. The summed E-state index contributed by atoms with van der Waals surface area (Å²) in [6.07, 6.45) is -8.47. The SMILES string of the molecule is CC.CCC1(COC(=O)C(=O)O)C(OC(C)=O)C(OC(C)=O)C2C(C)(CCC3C2(C)C(OC(C)=O)C(OC(C)=O)C2(C)C3(O)CC(=O)C3OC32C(=O)OC)C1CO. The van der Waals surface area contributed by atoms with Gasteiger partial charge < -0.3 is 48.5 Å². The molecule has 0 aromatic carbocycles. The quantitative estimate of drug-likeness (QED) is 0.129. The van der Waals surface area contributed by atoms with Gasteiger partial charge in [-0.15, -0.1) is 0 Å². The lowest BCUT2D eigenvalue weighted by atomic mass is 9.32. The molecule has 0 bridgehead atoms. The molecule has 0 aromatic heterocycles. The summed E-state index contributed by atoms with van der Waals surface area (Å²) in [7, 11) is 1.06. The fourth-order valence-electron chi connectivity index (χ4n) is 12.0. The Balaban J connectivity index is 0.00000354. The van der Waals surface area contributed by atoms with Gasteiger partial charge in [-0.25, -0.2) is 14.4 Å². The van der Waals surface area contributed by atoms with Crippen LogP contribution >= 0.6 is 0 Å². The van der Waals surface area contributed by atoms with Crippen molar-refractivity contribution in [1.29, 1.82) is 0 Å². The number of carboxylic acids is 1. The standard InChI is InChI=1S/C37H50O18.C2H6/c1-10-35(15-50-30(46)29(44)45)22(14-38)32(6)12-11-21-33(7,24(32)23(51-16(2)39)26(35)52-17(3)40)27(53-18(4)41)28(54-19(5)42)34(8)36(21,48)13-20(43)25-37(34,55-25)31(47)49-9;1-2/h21-28,38,48H,10-15H2,1-9H3,(H,44,45);1-2H3. The van der Waals surface area contributed by atoms with Crippen LogP contribution < -0.4 is 0 Å². The Kier molecular flexibility index (Phi) is 12.4. The first-order valence-corrected chi connectivity index (χ1v) is 19.2. The zero-order valence-corrected chi connectivity index (χ0v) is 34.3. The zero-order chi connectivity index (χ0) is 43.4. The van der Waals surface area contributed by atoms with Gasteiger partial charge >= 0.3 is 41.8 Å². The second-order valence-electron chi connectivity index (χ2n) is 16.3. The van der Waals surface area contributed by atoms with Crippen molar-refractivity contribution in [2.45, 2.75) is 137 Å². The first-order chi connectivity index (χ1) is 26.5. The van der Waals surface area contributed by atoms with E-state index in [-0.39, 0.29) is 19.3 Å². The molecule has 4 saturated carbocycles. The van der Waals surface area contributed by atoms with Crippen LogP contribution in [0.5, 0.6) is 0 Å². The third-order valence-corrected chi connectivity index (χ3v) is 14.0. The lowest BCUT2D eigenvalue weighted by Crippen LogP contribution is -2.84. The number of carbonyl (C=O) groups excluding carboxylic acids is 7. The monoisotopic (exact) mass is 812 g/mol. The Hall–Kier alpha value is -4.16. The van der Waals surface area contributed by atoms with E-state index in [1.54, 1.807) is 20.8 Å². The summed E-state index contributed by atoms with van der Waals surface area (Å²) < 4.78 is 40.5. The molecule has 18 heteroatoms. The molecule has 5 rings (SSSR count). The molecule has 0 spiro atoms. The summed E-state index contributed by atoms with van der Waals surface area (Å²) in [6, 6.07) is 0. The number of aliphatic hydroxyl groups excluding tert-OH is 1. The second kappa shape index (κ2) is 15.5. The molecular formula is C39H56O18. The Morgan fingerprint density at radius 3 is 1.84 bits per heavy atom. The van der Waals surface area contributed by atoms with E-state index in [9.17, 15) is 53.7 Å². The van der Waals surface area contributed by atoms with E-state index >= 15 is 0 Å². The molecule has 320 valence electrons. The smallest absolute Gasteiger partial charge is 0.417 e. The van der Waals surface area contributed by atoms with Gasteiger partial charge in [0.25, 0.3) is 0 Å². The van der Waals surface area contributed by atoms with E-state index in [1.165, 1.54) is 6.92 Å². The van der Waals surface area contributed by atoms with Gasteiger partial charge in [0.1, 0.15) is 24.9 Å². The van der Waals surface area contributed by atoms with Gasteiger partial charge in [-0.05, 0) is 37.5 Å². The molecule has 18 nitrogen and oxygen atoms in total. The lowest BCUT2D eigenvalue weighted by molar-refractivity contribution is -0.357. The van der Waals surface area contributed by atoms with Gasteiger partial charge in [-0.1, -0.05) is 34.6 Å². The maximum atomic E-state index is 13.8. The van der Waals surface area contributed by atoms with E-state index in [2.05, 4.69) is 0 Å². The van der Waals surface area contributed by atoms with Gasteiger partial charge in [0.15, 0.2) is 18.0 Å². The molecule has 1 aliphatic heterocycles. The number of esters is 6. The van der Waals surface area contributed by atoms with Gasteiger partial charge in [0, 0.05) is 58.0 Å². The number of carbonyl (C=O) groups is 8. The summed E-state index contributed by atoms with van der Waals surface area (Å²) in [4.78, 5) is 104. The van der Waals surface area contributed by atoms with Crippen LogP contribution in [-0.4, -0.2) is 125 Å². The number of carboxylic acid groups (broad SMARTS) is 1. The number of epoxide rings is 1. The summed E-state index contributed by atoms with van der Waals surface area (Å²) >= 11 is 0. The Bertz CT molecular complexity index is 1690. The minimum atomic E-state index is -2.29. The molecule has 0 aromatic rings. The van der Waals surface area contributed by atoms with Crippen LogP contribution in [-0.2, 0) is 71.5 Å². The van der Waals surface area contributed by atoms with Gasteiger partial charge in [-0.3, -0.25) is 24.0 Å². The average molecular weight is 813 g/mol. The largest absolute Gasteiger partial charge is 0.473 e. The molecule has 14 unspecified atom stereocenters. The molecule has 4 aliphatic carbocycles. The van der Waals surface area contributed by atoms with Crippen LogP contribution in [0.4, 0.5) is 0 Å². The number of ketones is 1. The third-order valence-electron chi connectivity index (χ3n) is 14.0. The molecule has 57 heavy (non-hydrogen) atoms. The maximum Gasteiger partial charge on any atom is 0.417 e. The second-order valence-corrected chi connectivity index (χ2v) is 16.3. The van der Waals surface area contributed by atoms with Crippen molar-refractivity contribution in [1.82, 2.24) is 0 Å². The molecule has 5 aliphatic rings. The molecule has 1 heterocycles. The van der Waals surface area contributed by atoms with Crippen LogP contribution in [0.15, 0.2) is 0 Å². The number of fused-ring (bicyclic) bond motifs is 7. The van der Waals surface area contributed by atoms with Gasteiger partial charge in [0.2, 0.25) is 5.60 Å². The highest BCUT2D eigenvalue weighted by atomic mass is 16.7. The molecule has 3 N–H and O–H groups in total.